The predicted octanol–water partition coefficient (Wildman–Crippen LogP) is 5.71. The first kappa shape index (κ1) is 25.1. The van der Waals surface area contributed by atoms with Crippen LogP contribution < -0.4 is 4.74 Å². The second-order valence-electron chi connectivity index (χ2n) is 8.28. The number of hydrogen-bond acceptors (Lipinski definition) is 6. The molecular formula is C27H34N2O3S. The molecule has 0 atom stereocenters. The molecule has 0 aliphatic carbocycles. The summed E-state index contributed by atoms with van der Waals surface area (Å²) in [6, 6.07) is 4.39. The first-order valence-corrected chi connectivity index (χ1v) is 13.1. The first-order chi connectivity index (χ1) is 16.0. The highest BCUT2D eigenvalue weighted by Gasteiger charge is 2.35. The van der Waals surface area contributed by atoms with Gasteiger partial charge in [0.2, 0.25) is 0 Å². The summed E-state index contributed by atoms with van der Waals surface area (Å²) in [7, 11) is 0. The minimum absolute atomic E-state index is 0.141. The number of aryl methyl sites for hydroxylation is 1. The van der Waals surface area contributed by atoms with Crippen molar-refractivity contribution in [2.45, 2.75) is 76.0 Å². The average molecular weight is 467 g/mol. The molecule has 0 unspecified atom stereocenters. The molecule has 2 heterocycles. The highest BCUT2D eigenvalue weighted by atomic mass is 32.2. The quantitative estimate of drug-likeness (QED) is 0.204. The number of esters is 1. The minimum Gasteiger partial charge on any atom is -0.493 e. The summed E-state index contributed by atoms with van der Waals surface area (Å²) in [4.78, 5) is 21.4. The van der Waals surface area contributed by atoms with E-state index in [1.165, 1.54) is 5.56 Å². The van der Waals surface area contributed by atoms with Crippen LogP contribution in [0.25, 0.3) is 0 Å². The number of rotatable bonds is 9. The van der Waals surface area contributed by atoms with E-state index in [0.717, 1.165) is 72.7 Å². The van der Waals surface area contributed by atoms with Gasteiger partial charge in [-0.2, -0.15) is 0 Å². The molecule has 0 N–H and O–H groups in total. The molecule has 1 aromatic carbocycles. The molecule has 0 saturated heterocycles. The molecule has 0 fully saturated rings. The molecule has 6 heteroatoms. The zero-order chi connectivity index (χ0) is 23.7. The molecule has 1 aliphatic rings. The van der Waals surface area contributed by atoms with Crippen LogP contribution in [0.2, 0.25) is 0 Å². The molecule has 33 heavy (non-hydrogen) atoms. The lowest BCUT2D eigenvalue weighted by Gasteiger charge is -2.38. The fraction of sp³-hybridized carbons (Fsp3) is 0.519. The lowest BCUT2D eigenvalue weighted by molar-refractivity contribution is -0.143. The van der Waals surface area contributed by atoms with Crippen molar-refractivity contribution in [3.05, 3.63) is 47.0 Å². The molecule has 2 aromatic rings. The van der Waals surface area contributed by atoms with Gasteiger partial charge in [0.15, 0.2) is 0 Å². The van der Waals surface area contributed by atoms with Crippen molar-refractivity contribution in [1.82, 2.24) is 9.97 Å². The Morgan fingerprint density at radius 3 is 2.58 bits per heavy atom. The monoisotopic (exact) mass is 466 g/mol. The maximum absolute atomic E-state index is 11.4. The van der Waals surface area contributed by atoms with Crippen molar-refractivity contribution < 1.29 is 14.3 Å². The Hall–Kier alpha value is -2.52. The van der Waals surface area contributed by atoms with Gasteiger partial charge in [0.1, 0.15) is 11.6 Å². The molecule has 176 valence electrons. The zero-order valence-corrected chi connectivity index (χ0v) is 21.0. The molecule has 1 aromatic heterocycles. The van der Waals surface area contributed by atoms with Gasteiger partial charge in [0.05, 0.1) is 18.8 Å². The normalized spacial score (nSPS) is 13.9. The topological polar surface area (TPSA) is 61.3 Å². The van der Waals surface area contributed by atoms with Crippen molar-refractivity contribution in [2.24, 2.45) is 0 Å². The fourth-order valence-corrected chi connectivity index (χ4v) is 4.87. The Kier molecular flexibility index (Phi) is 9.20. The number of hydrogen-bond donors (Lipinski definition) is 0. The van der Waals surface area contributed by atoms with Crippen molar-refractivity contribution in [2.75, 3.05) is 19.5 Å². The predicted molar refractivity (Wildman–Crippen MR) is 133 cm³/mol. The Balaban J connectivity index is 1.71. The SMILES string of the molecule is CCOC(=O)CCCCc1ncc(C#Cc2cc3c(cc2SC)OCCC3(CC)CC)cn1. The summed E-state index contributed by atoms with van der Waals surface area (Å²) in [5.41, 5.74) is 3.28. The standard InChI is InChI=1S/C27H34N2O3S/c1-5-27(6-2)14-15-32-23-17-24(33-4)21(16-22(23)27)13-12-20-18-28-25(29-19-20)10-8-9-11-26(30)31-7-3/h16-19H,5-11,14-15H2,1-4H3. The number of ether oxygens (including phenoxy) is 2. The summed E-state index contributed by atoms with van der Waals surface area (Å²) in [6.45, 7) is 7.56. The lowest BCUT2D eigenvalue weighted by Crippen LogP contribution is -2.31. The summed E-state index contributed by atoms with van der Waals surface area (Å²) < 4.78 is 11.0. The van der Waals surface area contributed by atoms with Gasteiger partial charge >= 0.3 is 5.97 Å². The van der Waals surface area contributed by atoms with Crippen LogP contribution in [0.3, 0.4) is 0 Å². The zero-order valence-electron chi connectivity index (χ0n) is 20.2. The Morgan fingerprint density at radius 2 is 1.91 bits per heavy atom. The number of fused-ring (bicyclic) bond motifs is 1. The molecule has 0 spiro atoms. The van der Waals surface area contributed by atoms with Gasteiger partial charge in [-0.25, -0.2) is 9.97 Å². The number of benzene rings is 1. The molecule has 0 saturated carbocycles. The van der Waals surface area contributed by atoms with E-state index in [1.807, 2.05) is 6.92 Å². The van der Waals surface area contributed by atoms with Crippen LogP contribution in [0.5, 0.6) is 5.75 Å². The van der Waals surface area contributed by atoms with Crippen LogP contribution in [0.1, 0.15) is 81.8 Å². The summed E-state index contributed by atoms with van der Waals surface area (Å²) in [5, 5.41) is 0. The van der Waals surface area contributed by atoms with Crippen LogP contribution in [-0.4, -0.2) is 35.4 Å². The Bertz CT molecular complexity index is 1000. The third-order valence-electron chi connectivity index (χ3n) is 6.45. The maximum atomic E-state index is 11.4. The second-order valence-corrected chi connectivity index (χ2v) is 9.13. The highest BCUT2D eigenvalue weighted by molar-refractivity contribution is 7.98. The Morgan fingerprint density at radius 1 is 1.15 bits per heavy atom. The van der Waals surface area contributed by atoms with Gasteiger partial charge in [-0.1, -0.05) is 25.7 Å². The number of aromatic nitrogens is 2. The van der Waals surface area contributed by atoms with E-state index in [1.54, 1.807) is 24.2 Å². The van der Waals surface area contributed by atoms with Gasteiger partial charge in [0, 0.05) is 46.7 Å². The lowest BCUT2D eigenvalue weighted by atomic mass is 9.71. The van der Waals surface area contributed by atoms with Gasteiger partial charge in [-0.3, -0.25) is 4.79 Å². The maximum Gasteiger partial charge on any atom is 0.305 e. The highest BCUT2D eigenvalue weighted by Crippen LogP contribution is 2.45. The fourth-order valence-electron chi connectivity index (χ4n) is 4.31. The van der Waals surface area contributed by atoms with Gasteiger partial charge in [-0.15, -0.1) is 11.8 Å². The van der Waals surface area contributed by atoms with Gasteiger partial charge < -0.3 is 9.47 Å². The van der Waals surface area contributed by atoms with E-state index in [9.17, 15) is 4.79 Å². The van der Waals surface area contributed by atoms with E-state index >= 15 is 0 Å². The molecule has 3 rings (SSSR count). The largest absolute Gasteiger partial charge is 0.493 e. The van der Waals surface area contributed by atoms with Crippen molar-refractivity contribution in [3.8, 4) is 17.6 Å². The van der Waals surface area contributed by atoms with Crippen LogP contribution >= 0.6 is 11.8 Å². The Labute approximate surface area is 202 Å². The minimum atomic E-state index is -0.141. The van der Waals surface area contributed by atoms with Crippen LogP contribution in [0.4, 0.5) is 0 Å². The summed E-state index contributed by atoms with van der Waals surface area (Å²) in [6.07, 6.45) is 11.7. The number of carbonyl (C=O) groups excluding carboxylic acids is 1. The number of carbonyl (C=O) groups is 1. The third kappa shape index (κ3) is 6.29. The van der Waals surface area contributed by atoms with Crippen molar-refractivity contribution in [1.29, 1.82) is 0 Å². The van der Waals surface area contributed by atoms with Crippen LogP contribution in [0, 0.1) is 11.8 Å². The van der Waals surface area contributed by atoms with E-state index in [2.05, 4.69) is 54.0 Å². The van der Waals surface area contributed by atoms with Crippen molar-refractivity contribution >= 4 is 17.7 Å². The summed E-state index contributed by atoms with van der Waals surface area (Å²) in [5.74, 6) is 8.24. The van der Waals surface area contributed by atoms with E-state index in [0.29, 0.717) is 13.0 Å². The van der Waals surface area contributed by atoms with E-state index in [-0.39, 0.29) is 11.4 Å². The first-order valence-electron chi connectivity index (χ1n) is 11.9. The molecule has 5 nitrogen and oxygen atoms in total. The molecule has 0 bridgehead atoms. The van der Waals surface area contributed by atoms with E-state index < -0.39 is 0 Å². The number of unbranched alkanes of at least 4 members (excludes halogenated alkanes) is 1. The summed E-state index contributed by atoms with van der Waals surface area (Å²) >= 11 is 1.69. The van der Waals surface area contributed by atoms with Crippen LogP contribution in [0.15, 0.2) is 29.4 Å². The van der Waals surface area contributed by atoms with Crippen molar-refractivity contribution in [3.63, 3.8) is 0 Å². The third-order valence-corrected chi connectivity index (χ3v) is 7.23. The van der Waals surface area contributed by atoms with Gasteiger partial charge in [-0.05, 0) is 57.4 Å². The molecular weight excluding hydrogens is 432 g/mol. The molecule has 0 amide bonds. The second kappa shape index (κ2) is 12.1. The van der Waals surface area contributed by atoms with Gasteiger partial charge in [0.25, 0.3) is 0 Å². The number of thioether (sulfide) groups is 1. The van der Waals surface area contributed by atoms with E-state index in [4.69, 9.17) is 9.47 Å². The molecule has 1 aliphatic heterocycles. The van der Waals surface area contributed by atoms with Crippen LogP contribution in [-0.2, 0) is 21.4 Å². The average Bonchev–Trinajstić information content (AvgIpc) is 2.85. The molecule has 0 radical (unpaired) electrons. The smallest absolute Gasteiger partial charge is 0.305 e. The number of nitrogens with zero attached hydrogens (tertiary/aromatic N) is 2.